The molecule has 1 fully saturated rings. The van der Waals surface area contributed by atoms with Gasteiger partial charge in [-0.15, -0.1) is 12.4 Å². The first kappa shape index (κ1) is 16.3. The van der Waals surface area contributed by atoms with Gasteiger partial charge in [-0.25, -0.2) is 4.79 Å². The van der Waals surface area contributed by atoms with Gasteiger partial charge in [-0.05, 0) is 48.7 Å². The lowest BCUT2D eigenvalue weighted by Crippen LogP contribution is -2.31. The van der Waals surface area contributed by atoms with Crippen LogP contribution in [-0.4, -0.2) is 19.1 Å². The Morgan fingerprint density at radius 2 is 1.68 bits per heavy atom. The van der Waals surface area contributed by atoms with Crippen molar-refractivity contribution in [2.45, 2.75) is 12.3 Å². The summed E-state index contributed by atoms with van der Waals surface area (Å²) in [6.45, 7) is 2.10. The van der Waals surface area contributed by atoms with Gasteiger partial charge in [-0.1, -0.05) is 30.3 Å². The Morgan fingerprint density at radius 1 is 1.05 bits per heavy atom. The third-order valence-corrected chi connectivity index (χ3v) is 3.92. The van der Waals surface area contributed by atoms with E-state index in [9.17, 15) is 4.79 Å². The fourth-order valence-corrected chi connectivity index (χ4v) is 2.82. The molecule has 0 saturated carbocycles. The lowest BCUT2D eigenvalue weighted by molar-refractivity contribution is 0.256. The maximum Gasteiger partial charge on any atom is 0.323 e. The molecule has 0 aromatic heterocycles. The molecule has 4 nitrogen and oxygen atoms in total. The topological polar surface area (TPSA) is 58.4 Å². The third kappa shape index (κ3) is 3.40. The maximum atomic E-state index is 11.8. The number of urea groups is 1. The van der Waals surface area contributed by atoms with E-state index in [0.717, 1.165) is 30.9 Å². The van der Waals surface area contributed by atoms with Crippen LogP contribution in [0, 0.1) is 0 Å². The average molecular weight is 318 g/mol. The number of rotatable bonds is 3. The van der Waals surface area contributed by atoms with E-state index in [1.54, 1.807) is 0 Å². The molecule has 2 aromatic rings. The molecule has 5 heteroatoms. The van der Waals surface area contributed by atoms with Crippen LogP contribution in [0.1, 0.15) is 17.9 Å². The third-order valence-electron chi connectivity index (χ3n) is 3.92. The largest absolute Gasteiger partial charge is 0.351 e. The zero-order valence-electron chi connectivity index (χ0n) is 12.2. The highest BCUT2D eigenvalue weighted by molar-refractivity contribution is 5.98. The first-order valence-electron chi connectivity index (χ1n) is 7.21. The Morgan fingerprint density at radius 3 is 2.23 bits per heavy atom. The van der Waals surface area contributed by atoms with Crippen molar-refractivity contribution in [3.8, 4) is 0 Å². The van der Waals surface area contributed by atoms with Gasteiger partial charge in [0.05, 0.1) is 11.4 Å². The minimum atomic E-state index is -0.475. The van der Waals surface area contributed by atoms with Gasteiger partial charge in [-0.2, -0.15) is 0 Å². The minimum Gasteiger partial charge on any atom is -0.351 e. The zero-order chi connectivity index (χ0) is 14.7. The molecule has 3 N–H and O–H groups in total. The molecule has 2 aromatic carbocycles. The van der Waals surface area contributed by atoms with Crippen molar-refractivity contribution >= 4 is 29.8 Å². The van der Waals surface area contributed by atoms with Gasteiger partial charge < -0.3 is 11.1 Å². The number of halogens is 1. The quantitative estimate of drug-likeness (QED) is 0.911. The molecule has 2 amide bonds. The SMILES string of the molecule is Cl.NC(=O)N(c1ccccc1)c1ccc(C2CCNC2)cc1. The number of nitrogens with one attached hydrogen (secondary N) is 1. The number of anilines is 2. The van der Waals surface area contributed by atoms with Crippen LogP contribution in [0.4, 0.5) is 16.2 Å². The van der Waals surface area contributed by atoms with E-state index in [0.29, 0.717) is 5.92 Å². The lowest BCUT2D eigenvalue weighted by atomic mass is 9.98. The molecular formula is C17H20ClN3O. The van der Waals surface area contributed by atoms with Crippen molar-refractivity contribution in [3.05, 3.63) is 60.2 Å². The Labute approximate surface area is 136 Å². The van der Waals surface area contributed by atoms with Gasteiger partial charge in [0.15, 0.2) is 0 Å². The van der Waals surface area contributed by atoms with E-state index in [2.05, 4.69) is 17.4 Å². The highest BCUT2D eigenvalue weighted by Gasteiger charge is 2.18. The molecule has 22 heavy (non-hydrogen) atoms. The van der Waals surface area contributed by atoms with Crippen molar-refractivity contribution in [3.63, 3.8) is 0 Å². The Balaban J connectivity index is 0.00000176. The van der Waals surface area contributed by atoms with E-state index >= 15 is 0 Å². The number of benzene rings is 2. The predicted octanol–water partition coefficient (Wildman–Crippen LogP) is 3.40. The first-order chi connectivity index (χ1) is 10.3. The van der Waals surface area contributed by atoms with Crippen molar-refractivity contribution in [1.82, 2.24) is 5.32 Å². The second-order valence-electron chi connectivity index (χ2n) is 5.29. The summed E-state index contributed by atoms with van der Waals surface area (Å²) in [6.07, 6.45) is 1.16. The van der Waals surface area contributed by atoms with Crippen molar-refractivity contribution in [2.24, 2.45) is 5.73 Å². The predicted molar refractivity (Wildman–Crippen MR) is 92.1 cm³/mol. The average Bonchev–Trinajstić information content (AvgIpc) is 3.03. The molecule has 1 heterocycles. The van der Waals surface area contributed by atoms with Gasteiger partial charge in [0.2, 0.25) is 0 Å². The lowest BCUT2D eigenvalue weighted by Gasteiger charge is -2.21. The number of para-hydroxylation sites is 1. The number of nitrogens with zero attached hydrogens (tertiary/aromatic N) is 1. The smallest absolute Gasteiger partial charge is 0.323 e. The summed E-state index contributed by atoms with van der Waals surface area (Å²) in [6, 6.07) is 17.1. The summed E-state index contributed by atoms with van der Waals surface area (Å²) in [4.78, 5) is 13.3. The Hall–Kier alpha value is -2.04. The first-order valence-corrected chi connectivity index (χ1v) is 7.21. The molecule has 3 rings (SSSR count). The number of nitrogens with two attached hydrogens (primary N) is 1. The van der Waals surface area contributed by atoms with Crippen LogP contribution < -0.4 is 16.0 Å². The van der Waals surface area contributed by atoms with Crippen LogP contribution in [-0.2, 0) is 0 Å². The minimum absolute atomic E-state index is 0. The summed E-state index contributed by atoms with van der Waals surface area (Å²) in [5, 5.41) is 3.37. The van der Waals surface area contributed by atoms with Crippen LogP contribution in [0.15, 0.2) is 54.6 Å². The summed E-state index contributed by atoms with van der Waals surface area (Å²) >= 11 is 0. The summed E-state index contributed by atoms with van der Waals surface area (Å²) in [7, 11) is 0. The number of hydrogen-bond acceptors (Lipinski definition) is 2. The molecule has 1 saturated heterocycles. The number of carbonyl (C=O) groups is 1. The number of hydrogen-bond donors (Lipinski definition) is 2. The molecule has 116 valence electrons. The second-order valence-corrected chi connectivity index (χ2v) is 5.29. The molecule has 0 spiro atoms. The van der Waals surface area contributed by atoms with E-state index in [1.165, 1.54) is 10.5 Å². The van der Waals surface area contributed by atoms with Crippen LogP contribution in [0.2, 0.25) is 0 Å². The summed E-state index contributed by atoms with van der Waals surface area (Å²) in [5.41, 5.74) is 8.42. The number of carbonyl (C=O) groups excluding carboxylic acids is 1. The van der Waals surface area contributed by atoms with Gasteiger partial charge in [0.1, 0.15) is 0 Å². The van der Waals surface area contributed by atoms with Gasteiger partial charge >= 0.3 is 6.03 Å². The second kappa shape index (κ2) is 7.29. The van der Waals surface area contributed by atoms with Crippen LogP contribution in [0.3, 0.4) is 0 Å². The molecule has 1 atom stereocenters. The van der Waals surface area contributed by atoms with Gasteiger partial charge in [-0.3, -0.25) is 4.90 Å². The molecule has 1 unspecified atom stereocenters. The van der Waals surface area contributed by atoms with Crippen molar-refractivity contribution < 1.29 is 4.79 Å². The van der Waals surface area contributed by atoms with E-state index in [-0.39, 0.29) is 12.4 Å². The van der Waals surface area contributed by atoms with E-state index < -0.39 is 6.03 Å². The Kier molecular flexibility index (Phi) is 5.41. The molecule has 0 radical (unpaired) electrons. The van der Waals surface area contributed by atoms with Crippen LogP contribution >= 0.6 is 12.4 Å². The standard InChI is InChI=1S/C17H19N3O.ClH/c18-17(21)20(15-4-2-1-3-5-15)16-8-6-13(7-9-16)14-10-11-19-12-14;/h1-9,14,19H,10-12H2,(H2,18,21);1H. The fourth-order valence-electron chi connectivity index (χ4n) is 2.82. The molecule has 0 aliphatic carbocycles. The highest BCUT2D eigenvalue weighted by atomic mass is 35.5. The van der Waals surface area contributed by atoms with E-state index in [4.69, 9.17) is 5.73 Å². The van der Waals surface area contributed by atoms with Crippen LogP contribution in [0.5, 0.6) is 0 Å². The molecule has 0 bridgehead atoms. The maximum absolute atomic E-state index is 11.8. The molecular weight excluding hydrogens is 298 g/mol. The van der Waals surface area contributed by atoms with Crippen LogP contribution in [0.25, 0.3) is 0 Å². The van der Waals surface area contributed by atoms with E-state index in [1.807, 2.05) is 42.5 Å². The fraction of sp³-hybridized carbons (Fsp3) is 0.235. The molecule has 1 aliphatic heterocycles. The monoisotopic (exact) mass is 317 g/mol. The summed E-state index contributed by atoms with van der Waals surface area (Å²) in [5.74, 6) is 0.567. The number of amides is 2. The zero-order valence-corrected chi connectivity index (χ0v) is 13.1. The number of primary amides is 1. The highest BCUT2D eigenvalue weighted by Crippen LogP contribution is 2.28. The van der Waals surface area contributed by atoms with Gasteiger partial charge in [0, 0.05) is 6.54 Å². The van der Waals surface area contributed by atoms with Crippen molar-refractivity contribution in [1.29, 1.82) is 0 Å². The Bertz CT molecular complexity index is 610. The van der Waals surface area contributed by atoms with Crippen molar-refractivity contribution in [2.75, 3.05) is 18.0 Å². The normalized spacial score (nSPS) is 16.8. The molecule has 1 aliphatic rings. The van der Waals surface area contributed by atoms with Gasteiger partial charge in [0.25, 0.3) is 0 Å². The summed E-state index contributed by atoms with van der Waals surface area (Å²) < 4.78 is 0.